The molecule has 2 radical (unpaired) electrons. The molecular formula is C22H19BClF3N4O4. The first-order valence-corrected chi connectivity index (χ1v) is 10.6. The summed E-state index contributed by atoms with van der Waals surface area (Å²) in [6.45, 7) is 1.25. The van der Waals surface area contributed by atoms with Crippen LogP contribution >= 0.6 is 11.6 Å². The van der Waals surface area contributed by atoms with Gasteiger partial charge >= 0.3 is 23.5 Å². The van der Waals surface area contributed by atoms with E-state index in [0.29, 0.717) is 15.2 Å². The first-order chi connectivity index (χ1) is 16.4. The van der Waals surface area contributed by atoms with Crippen molar-refractivity contribution in [3.8, 4) is 0 Å². The van der Waals surface area contributed by atoms with E-state index in [1.807, 2.05) is 0 Å². The largest absolute Gasteiger partial charge is 0.469 e. The average Bonchev–Trinajstić information content (AvgIpc) is 2.81. The van der Waals surface area contributed by atoms with Gasteiger partial charge in [0.2, 0.25) is 5.95 Å². The third kappa shape index (κ3) is 5.94. The number of hydrogen-bond donors (Lipinski definition) is 1. The minimum absolute atomic E-state index is 0.0481. The molecule has 2 atom stereocenters. The number of methoxy groups -OCH3 is 1. The second kappa shape index (κ2) is 10.4. The lowest BCUT2D eigenvalue weighted by atomic mass is 9.81. The van der Waals surface area contributed by atoms with Gasteiger partial charge in [0.15, 0.2) is 0 Å². The van der Waals surface area contributed by atoms with Crippen LogP contribution in [0.2, 0.25) is 10.8 Å². The Balaban J connectivity index is 2.14. The molecule has 1 heterocycles. The lowest BCUT2D eigenvalue weighted by Gasteiger charge is -2.22. The summed E-state index contributed by atoms with van der Waals surface area (Å²) in [7, 11) is 6.94. The summed E-state index contributed by atoms with van der Waals surface area (Å²) in [6.07, 6.45) is -4.60. The molecule has 1 aromatic heterocycles. The highest BCUT2D eigenvalue weighted by Gasteiger charge is 2.31. The zero-order valence-electron chi connectivity index (χ0n) is 18.5. The summed E-state index contributed by atoms with van der Waals surface area (Å²) >= 11 is 5.91. The number of carbonyl (C=O) groups excluding carboxylic acids is 1. The number of esters is 1. The molecule has 0 aliphatic rings. The van der Waals surface area contributed by atoms with Gasteiger partial charge in [0.05, 0.1) is 27.1 Å². The molecule has 182 valence electrons. The highest BCUT2D eigenvalue weighted by Crippen LogP contribution is 2.31. The van der Waals surface area contributed by atoms with Gasteiger partial charge in [0, 0.05) is 22.6 Å². The first kappa shape index (κ1) is 26.1. The van der Waals surface area contributed by atoms with E-state index in [4.69, 9.17) is 19.4 Å². The van der Waals surface area contributed by atoms with Crippen molar-refractivity contribution in [2.75, 3.05) is 12.4 Å². The number of aromatic nitrogens is 3. The van der Waals surface area contributed by atoms with Gasteiger partial charge in [-0.25, -0.2) is 14.2 Å². The van der Waals surface area contributed by atoms with E-state index >= 15 is 0 Å². The maximum Gasteiger partial charge on any atom is 0.416 e. The van der Waals surface area contributed by atoms with Gasteiger partial charge in [-0.2, -0.15) is 18.2 Å². The maximum atomic E-state index is 13.4. The van der Waals surface area contributed by atoms with Crippen LogP contribution < -0.4 is 16.7 Å². The number of nitrogens with one attached hydrogen (secondary N) is 1. The summed E-state index contributed by atoms with van der Waals surface area (Å²) in [4.78, 5) is 41.9. The number of nitrogens with zero attached hydrogens (tertiary/aromatic N) is 3. The van der Waals surface area contributed by atoms with Crippen LogP contribution in [0.1, 0.15) is 24.1 Å². The quantitative estimate of drug-likeness (QED) is 0.389. The van der Waals surface area contributed by atoms with Gasteiger partial charge < -0.3 is 10.1 Å². The van der Waals surface area contributed by atoms with Crippen molar-refractivity contribution in [3.05, 3.63) is 85.6 Å². The van der Waals surface area contributed by atoms with Crippen LogP contribution in [0.3, 0.4) is 0 Å². The van der Waals surface area contributed by atoms with Gasteiger partial charge in [-0.3, -0.25) is 9.36 Å². The zero-order chi connectivity index (χ0) is 25.9. The standard InChI is InChI=1S/C22H19BClF3N4O4/c1-12(17(23)18(32)35-2)31-20(33)29-19(28-16-5-3-4-14(10-16)22(25,26)27)30(21(31)34)11-13-6-8-15(24)9-7-13/h3-10,12,17H,11H2,1-2H3,(H,28,29,33)/t12-,17?/m1/s1. The molecule has 0 aliphatic heterocycles. The van der Waals surface area contributed by atoms with Gasteiger partial charge in [-0.05, 0) is 42.8 Å². The summed E-state index contributed by atoms with van der Waals surface area (Å²) in [6, 6.07) is 9.49. The number of benzene rings is 2. The monoisotopic (exact) mass is 506 g/mol. The molecule has 1 N–H and O–H groups in total. The molecule has 0 saturated carbocycles. The number of alkyl halides is 3. The molecule has 13 heteroatoms. The van der Waals surface area contributed by atoms with Crippen molar-refractivity contribution in [1.29, 1.82) is 0 Å². The molecule has 0 spiro atoms. The van der Waals surface area contributed by atoms with E-state index in [1.54, 1.807) is 24.3 Å². The van der Waals surface area contributed by atoms with Crippen molar-refractivity contribution in [2.45, 2.75) is 31.5 Å². The number of anilines is 2. The number of carbonyl (C=O) groups is 1. The Labute approximate surface area is 203 Å². The Bertz CT molecular complexity index is 1340. The summed E-state index contributed by atoms with van der Waals surface area (Å²) in [5.41, 5.74) is -2.33. The molecule has 0 saturated heterocycles. The fraction of sp³-hybridized carbons (Fsp3) is 0.273. The molecule has 8 nitrogen and oxygen atoms in total. The average molecular weight is 507 g/mol. The van der Waals surface area contributed by atoms with Gasteiger partial charge in [-0.1, -0.05) is 29.8 Å². The predicted molar refractivity (Wildman–Crippen MR) is 124 cm³/mol. The SMILES string of the molecule is [B]C(C(=O)OC)[C@@H](C)n1c(=O)nc(Nc2cccc(C(F)(F)F)c2)n(Cc2ccc(Cl)cc2)c1=O. The molecule has 1 unspecified atom stereocenters. The number of ether oxygens (including phenoxy) is 1. The zero-order valence-corrected chi connectivity index (χ0v) is 19.3. The lowest BCUT2D eigenvalue weighted by molar-refractivity contribution is -0.141. The third-order valence-electron chi connectivity index (χ3n) is 5.20. The van der Waals surface area contributed by atoms with Crippen LogP contribution in [0.25, 0.3) is 0 Å². The molecule has 35 heavy (non-hydrogen) atoms. The minimum Gasteiger partial charge on any atom is -0.469 e. The minimum atomic E-state index is -4.60. The second-order valence-corrected chi connectivity index (χ2v) is 8.01. The van der Waals surface area contributed by atoms with Crippen LogP contribution in [-0.4, -0.2) is 35.0 Å². The van der Waals surface area contributed by atoms with Gasteiger partial charge in [0.25, 0.3) is 0 Å². The van der Waals surface area contributed by atoms with Crippen LogP contribution in [0.15, 0.2) is 58.1 Å². The van der Waals surface area contributed by atoms with E-state index in [1.165, 1.54) is 19.1 Å². The summed E-state index contributed by atoms with van der Waals surface area (Å²) in [5.74, 6) is -2.50. The fourth-order valence-corrected chi connectivity index (χ4v) is 3.39. The van der Waals surface area contributed by atoms with Crippen molar-refractivity contribution < 1.29 is 22.7 Å². The molecule has 2 aromatic carbocycles. The lowest BCUT2D eigenvalue weighted by Crippen LogP contribution is -2.45. The highest BCUT2D eigenvalue weighted by molar-refractivity contribution is 6.30. The van der Waals surface area contributed by atoms with Crippen molar-refractivity contribution in [2.24, 2.45) is 0 Å². The van der Waals surface area contributed by atoms with E-state index < -0.39 is 40.9 Å². The predicted octanol–water partition coefficient (Wildman–Crippen LogP) is 3.56. The number of rotatable bonds is 7. The van der Waals surface area contributed by atoms with Gasteiger partial charge in [-0.15, -0.1) is 0 Å². The fourth-order valence-electron chi connectivity index (χ4n) is 3.26. The molecule has 3 rings (SSSR count). The maximum absolute atomic E-state index is 13.4. The normalized spacial score (nSPS) is 13.2. The molecule has 0 fully saturated rings. The van der Waals surface area contributed by atoms with Crippen LogP contribution in [-0.2, 0) is 22.3 Å². The van der Waals surface area contributed by atoms with Crippen LogP contribution in [0.5, 0.6) is 0 Å². The Morgan fingerprint density at radius 3 is 2.46 bits per heavy atom. The number of halogens is 4. The van der Waals surface area contributed by atoms with E-state index in [2.05, 4.69) is 15.0 Å². The van der Waals surface area contributed by atoms with Gasteiger partial charge in [0.1, 0.15) is 0 Å². The Hall–Kier alpha value is -3.54. The van der Waals surface area contributed by atoms with E-state index in [0.717, 1.165) is 23.8 Å². The first-order valence-electron chi connectivity index (χ1n) is 10.2. The Kier molecular flexibility index (Phi) is 7.74. The van der Waals surface area contributed by atoms with Crippen LogP contribution in [0, 0.1) is 0 Å². The molecule has 3 aromatic rings. The molecular weight excluding hydrogens is 488 g/mol. The molecule has 0 amide bonds. The van der Waals surface area contributed by atoms with Crippen LogP contribution in [0.4, 0.5) is 24.8 Å². The van der Waals surface area contributed by atoms with Crippen molar-refractivity contribution >= 4 is 37.1 Å². The third-order valence-corrected chi connectivity index (χ3v) is 5.45. The molecule has 0 aliphatic carbocycles. The number of hydrogen-bond acceptors (Lipinski definition) is 6. The second-order valence-electron chi connectivity index (χ2n) is 7.58. The van der Waals surface area contributed by atoms with E-state index in [-0.39, 0.29) is 18.2 Å². The topological polar surface area (TPSA) is 95.2 Å². The van der Waals surface area contributed by atoms with E-state index in [9.17, 15) is 27.6 Å². The van der Waals surface area contributed by atoms with Crippen molar-refractivity contribution in [3.63, 3.8) is 0 Å². The summed E-state index contributed by atoms with van der Waals surface area (Å²) in [5, 5.41) is 3.07. The molecule has 0 bridgehead atoms. The van der Waals surface area contributed by atoms with Crippen molar-refractivity contribution in [1.82, 2.24) is 14.1 Å². The smallest absolute Gasteiger partial charge is 0.416 e. The highest BCUT2D eigenvalue weighted by atomic mass is 35.5. The summed E-state index contributed by atoms with van der Waals surface area (Å²) < 4.78 is 45.7. The Morgan fingerprint density at radius 1 is 1.20 bits per heavy atom. The Morgan fingerprint density at radius 2 is 1.86 bits per heavy atom.